The molecular weight excluding hydrogens is 300 g/mol. The fourth-order valence-corrected chi connectivity index (χ4v) is 3.04. The van der Waals surface area contributed by atoms with Crippen molar-refractivity contribution >= 4 is 5.97 Å². The average molecular weight is 332 g/mol. The van der Waals surface area contributed by atoms with Crippen molar-refractivity contribution in [1.29, 1.82) is 0 Å². The molecule has 0 saturated carbocycles. The number of aliphatic hydroxyl groups is 3. The van der Waals surface area contributed by atoms with E-state index in [0.717, 1.165) is 19.4 Å². The Labute approximate surface area is 138 Å². The minimum atomic E-state index is -0.429. The molecule has 1 aliphatic rings. The van der Waals surface area contributed by atoms with Gasteiger partial charge in [0, 0.05) is 26.2 Å². The maximum atomic E-state index is 11.9. The Hall–Kier alpha value is -0.730. The Kier molecular flexibility index (Phi) is 9.66. The Balaban J connectivity index is 2.36. The van der Waals surface area contributed by atoms with E-state index in [4.69, 9.17) is 9.84 Å². The highest BCUT2D eigenvalue weighted by atomic mass is 16.5. The monoisotopic (exact) mass is 332 g/mol. The van der Waals surface area contributed by atoms with Gasteiger partial charge in [-0.25, -0.2) is 0 Å². The molecule has 1 saturated heterocycles. The lowest BCUT2D eigenvalue weighted by Crippen LogP contribution is -2.49. The van der Waals surface area contributed by atoms with Crippen LogP contribution in [-0.2, 0) is 9.53 Å². The minimum absolute atomic E-state index is 0.0420. The molecule has 7 heteroatoms. The molecule has 1 fully saturated rings. The zero-order valence-electron chi connectivity index (χ0n) is 14.4. The van der Waals surface area contributed by atoms with Gasteiger partial charge in [-0.3, -0.25) is 14.6 Å². The van der Waals surface area contributed by atoms with Gasteiger partial charge < -0.3 is 20.1 Å². The van der Waals surface area contributed by atoms with Crippen LogP contribution in [0.5, 0.6) is 0 Å². The number of hydrogen-bond donors (Lipinski definition) is 3. The number of cyclic esters (lactones) is 1. The summed E-state index contributed by atoms with van der Waals surface area (Å²) in [7, 11) is 0. The van der Waals surface area contributed by atoms with E-state index in [1.54, 1.807) is 13.8 Å². The summed E-state index contributed by atoms with van der Waals surface area (Å²) in [5, 5.41) is 28.1. The van der Waals surface area contributed by atoms with Crippen LogP contribution in [0.3, 0.4) is 0 Å². The van der Waals surface area contributed by atoms with Gasteiger partial charge in [0.05, 0.1) is 18.8 Å². The summed E-state index contributed by atoms with van der Waals surface area (Å²) in [6, 6.07) is -0.266. The van der Waals surface area contributed by atoms with E-state index >= 15 is 0 Å². The number of rotatable bonds is 11. The molecule has 7 nitrogen and oxygen atoms in total. The largest absolute Gasteiger partial charge is 0.463 e. The molecule has 0 radical (unpaired) electrons. The van der Waals surface area contributed by atoms with Crippen LogP contribution in [0.1, 0.15) is 33.1 Å². The molecule has 3 N–H and O–H groups in total. The highest BCUT2D eigenvalue weighted by Gasteiger charge is 2.30. The lowest BCUT2D eigenvalue weighted by Gasteiger charge is -2.33. The lowest BCUT2D eigenvalue weighted by molar-refractivity contribution is -0.158. The molecule has 0 aliphatic carbocycles. The van der Waals surface area contributed by atoms with Crippen molar-refractivity contribution in [2.75, 3.05) is 45.9 Å². The molecule has 0 bridgehead atoms. The van der Waals surface area contributed by atoms with Crippen LogP contribution in [0, 0.1) is 0 Å². The molecule has 3 atom stereocenters. The number of carbonyl (C=O) groups is 1. The molecule has 1 aliphatic heterocycles. The zero-order chi connectivity index (χ0) is 17.2. The predicted octanol–water partition coefficient (Wildman–Crippen LogP) is -0.560. The van der Waals surface area contributed by atoms with Gasteiger partial charge in [0.1, 0.15) is 12.6 Å². The van der Waals surface area contributed by atoms with Crippen molar-refractivity contribution in [3.05, 3.63) is 0 Å². The number of β-amino-alcohol motifs (C(OH)–C–C–N with tert-alkyl or cyclic N) is 1. The number of ether oxygens (including phenoxy) is 1. The standard InChI is InChI=1S/C16H32N2O5/c1-13(20)11-17(12-14(2)21)6-4-3-5-15-16(22)23-10-8-18(15)7-9-19/h13-15,19-21H,3-12H2,1-2H3. The Morgan fingerprint density at radius 3 is 2.48 bits per heavy atom. The average Bonchev–Trinajstić information content (AvgIpc) is 2.44. The van der Waals surface area contributed by atoms with Crippen molar-refractivity contribution in [1.82, 2.24) is 9.80 Å². The molecule has 0 aromatic carbocycles. The predicted molar refractivity (Wildman–Crippen MR) is 87.1 cm³/mol. The third-order valence-electron chi connectivity index (χ3n) is 3.97. The van der Waals surface area contributed by atoms with Crippen molar-refractivity contribution < 1.29 is 24.9 Å². The first-order valence-electron chi connectivity index (χ1n) is 8.54. The van der Waals surface area contributed by atoms with Gasteiger partial charge in [-0.05, 0) is 33.2 Å². The second-order valence-corrected chi connectivity index (χ2v) is 6.40. The van der Waals surface area contributed by atoms with Crippen LogP contribution in [0.15, 0.2) is 0 Å². The van der Waals surface area contributed by atoms with Crippen molar-refractivity contribution in [2.45, 2.75) is 51.4 Å². The van der Waals surface area contributed by atoms with Crippen LogP contribution in [-0.4, -0.2) is 95.3 Å². The maximum Gasteiger partial charge on any atom is 0.323 e. The third-order valence-corrected chi connectivity index (χ3v) is 3.97. The lowest BCUT2D eigenvalue weighted by atomic mass is 10.1. The molecule has 0 amide bonds. The quantitative estimate of drug-likeness (QED) is 0.345. The molecule has 136 valence electrons. The first-order valence-corrected chi connectivity index (χ1v) is 8.54. The van der Waals surface area contributed by atoms with E-state index < -0.39 is 12.2 Å². The fraction of sp³-hybridized carbons (Fsp3) is 0.938. The molecule has 23 heavy (non-hydrogen) atoms. The smallest absolute Gasteiger partial charge is 0.323 e. The number of esters is 1. The van der Waals surface area contributed by atoms with Gasteiger partial charge in [0.25, 0.3) is 0 Å². The number of hydrogen-bond acceptors (Lipinski definition) is 7. The second kappa shape index (κ2) is 10.9. The molecule has 3 unspecified atom stereocenters. The van der Waals surface area contributed by atoms with Crippen LogP contribution < -0.4 is 0 Å². The Morgan fingerprint density at radius 1 is 1.26 bits per heavy atom. The number of carbonyl (C=O) groups excluding carboxylic acids is 1. The van der Waals surface area contributed by atoms with E-state index in [0.29, 0.717) is 39.2 Å². The summed E-state index contributed by atoms with van der Waals surface area (Å²) in [5.41, 5.74) is 0. The second-order valence-electron chi connectivity index (χ2n) is 6.40. The van der Waals surface area contributed by atoms with Gasteiger partial charge in [-0.15, -0.1) is 0 Å². The van der Waals surface area contributed by atoms with Crippen LogP contribution in [0.25, 0.3) is 0 Å². The van der Waals surface area contributed by atoms with E-state index in [2.05, 4.69) is 0 Å². The third kappa shape index (κ3) is 8.08. The first-order chi connectivity index (χ1) is 10.9. The fourth-order valence-electron chi connectivity index (χ4n) is 3.04. The normalized spacial score (nSPS) is 22.2. The number of aliphatic hydroxyl groups excluding tert-OH is 3. The van der Waals surface area contributed by atoms with Crippen molar-refractivity contribution in [3.63, 3.8) is 0 Å². The zero-order valence-corrected chi connectivity index (χ0v) is 14.4. The summed E-state index contributed by atoms with van der Waals surface area (Å²) in [4.78, 5) is 15.9. The van der Waals surface area contributed by atoms with Gasteiger partial charge in [0.15, 0.2) is 0 Å². The topological polar surface area (TPSA) is 93.5 Å². The molecule has 0 aromatic heterocycles. The summed E-state index contributed by atoms with van der Waals surface area (Å²) < 4.78 is 5.11. The highest BCUT2D eigenvalue weighted by molar-refractivity contribution is 5.76. The molecule has 1 heterocycles. The van der Waals surface area contributed by atoms with Gasteiger partial charge in [-0.1, -0.05) is 6.42 Å². The first kappa shape index (κ1) is 20.3. The summed E-state index contributed by atoms with van der Waals surface area (Å²) in [6.07, 6.45) is 1.59. The van der Waals surface area contributed by atoms with Gasteiger partial charge >= 0.3 is 5.97 Å². The molecule has 0 aromatic rings. The van der Waals surface area contributed by atoms with Crippen LogP contribution in [0.4, 0.5) is 0 Å². The maximum absolute atomic E-state index is 11.9. The highest BCUT2D eigenvalue weighted by Crippen LogP contribution is 2.15. The van der Waals surface area contributed by atoms with Crippen LogP contribution in [0.2, 0.25) is 0 Å². The molecule has 0 spiro atoms. The van der Waals surface area contributed by atoms with E-state index in [1.165, 1.54) is 0 Å². The molecule has 1 rings (SSSR count). The van der Waals surface area contributed by atoms with E-state index in [9.17, 15) is 15.0 Å². The van der Waals surface area contributed by atoms with E-state index in [1.807, 2.05) is 9.80 Å². The van der Waals surface area contributed by atoms with Crippen molar-refractivity contribution in [3.8, 4) is 0 Å². The summed E-state index contributed by atoms with van der Waals surface area (Å²) in [5.74, 6) is -0.200. The number of nitrogens with zero attached hydrogens (tertiary/aromatic N) is 2. The van der Waals surface area contributed by atoms with Crippen molar-refractivity contribution in [2.24, 2.45) is 0 Å². The Morgan fingerprint density at radius 2 is 1.91 bits per heavy atom. The van der Waals surface area contributed by atoms with Gasteiger partial charge in [-0.2, -0.15) is 0 Å². The summed E-state index contributed by atoms with van der Waals surface area (Å²) in [6.45, 7) is 6.92. The number of unbranched alkanes of at least 4 members (excludes halogenated alkanes) is 1. The molecular formula is C16H32N2O5. The SMILES string of the molecule is CC(O)CN(CCCCC1C(=O)OCCN1CCO)CC(C)O. The Bertz CT molecular complexity index is 326. The number of morpholine rings is 1. The van der Waals surface area contributed by atoms with E-state index in [-0.39, 0.29) is 18.6 Å². The van der Waals surface area contributed by atoms with Gasteiger partial charge in [0.2, 0.25) is 0 Å². The summed E-state index contributed by atoms with van der Waals surface area (Å²) >= 11 is 0. The minimum Gasteiger partial charge on any atom is -0.463 e. The van der Waals surface area contributed by atoms with Crippen LogP contribution >= 0.6 is 0 Å².